The molecule has 0 aromatic carbocycles. The van der Waals surface area contributed by atoms with Crippen molar-refractivity contribution in [3.05, 3.63) is 23.8 Å². The second-order valence-electron chi connectivity index (χ2n) is 2.95. The number of esters is 1. The van der Waals surface area contributed by atoms with Crippen molar-refractivity contribution in [2.45, 2.75) is 19.8 Å². The van der Waals surface area contributed by atoms with Crippen molar-refractivity contribution in [2.24, 2.45) is 0 Å². The van der Waals surface area contributed by atoms with Gasteiger partial charge < -0.3 is 4.74 Å². The van der Waals surface area contributed by atoms with Crippen LogP contribution in [0, 0.1) is 0 Å². The molecule has 0 saturated carbocycles. The van der Waals surface area contributed by atoms with Gasteiger partial charge in [0.2, 0.25) is 5.82 Å². The molecule has 5 heteroatoms. The van der Waals surface area contributed by atoms with E-state index in [9.17, 15) is 9.59 Å². The summed E-state index contributed by atoms with van der Waals surface area (Å²) in [5.74, 6) is -0.572. The first kappa shape index (κ1) is 11.3. The normalized spacial score (nSPS) is 9.67. The summed E-state index contributed by atoms with van der Waals surface area (Å²) in [6, 6.07) is 0. The van der Waals surface area contributed by atoms with Gasteiger partial charge in [0.25, 0.3) is 0 Å². The Morgan fingerprint density at radius 3 is 2.67 bits per heavy atom. The number of aldehydes is 1. The lowest BCUT2D eigenvalue weighted by Crippen LogP contribution is -2.10. The standard InChI is InChI=1S/C10H12N2O3/c1-2-3-4-15-10(14)9-11-5-8(7-13)6-12-9/h5-7H,2-4H2,1H3. The summed E-state index contributed by atoms with van der Waals surface area (Å²) in [5, 5.41) is 0. The van der Waals surface area contributed by atoms with Gasteiger partial charge in [-0.3, -0.25) is 4.79 Å². The van der Waals surface area contributed by atoms with E-state index in [2.05, 4.69) is 9.97 Å². The Morgan fingerprint density at radius 2 is 2.13 bits per heavy atom. The first-order valence-corrected chi connectivity index (χ1v) is 4.72. The van der Waals surface area contributed by atoms with E-state index in [0.717, 1.165) is 12.8 Å². The fourth-order valence-corrected chi connectivity index (χ4v) is 0.878. The van der Waals surface area contributed by atoms with E-state index in [4.69, 9.17) is 4.74 Å². The van der Waals surface area contributed by atoms with Crippen LogP contribution in [-0.4, -0.2) is 28.8 Å². The second-order valence-corrected chi connectivity index (χ2v) is 2.95. The van der Waals surface area contributed by atoms with E-state index in [1.807, 2.05) is 6.92 Å². The van der Waals surface area contributed by atoms with E-state index in [0.29, 0.717) is 18.5 Å². The maximum absolute atomic E-state index is 11.3. The van der Waals surface area contributed by atoms with Crippen molar-refractivity contribution in [1.29, 1.82) is 0 Å². The molecular formula is C10H12N2O3. The van der Waals surface area contributed by atoms with Gasteiger partial charge in [-0.2, -0.15) is 0 Å². The third-order valence-corrected chi connectivity index (χ3v) is 1.72. The molecule has 0 saturated heterocycles. The van der Waals surface area contributed by atoms with Crippen molar-refractivity contribution in [2.75, 3.05) is 6.61 Å². The summed E-state index contributed by atoms with van der Waals surface area (Å²) in [5.41, 5.74) is 0.333. The van der Waals surface area contributed by atoms with E-state index >= 15 is 0 Å². The number of carbonyl (C=O) groups is 2. The molecule has 1 rings (SSSR count). The Morgan fingerprint density at radius 1 is 1.47 bits per heavy atom. The largest absolute Gasteiger partial charge is 0.460 e. The van der Waals surface area contributed by atoms with Gasteiger partial charge in [-0.25, -0.2) is 14.8 Å². The fraction of sp³-hybridized carbons (Fsp3) is 0.400. The lowest BCUT2D eigenvalue weighted by molar-refractivity contribution is 0.0485. The molecule has 0 fully saturated rings. The van der Waals surface area contributed by atoms with Crippen LogP contribution in [0.3, 0.4) is 0 Å². The summed E-state index contributed by atoms with van der Waals surface area (Å²) in [4.78, 5) is 29.0. The van der Waals surface area contributed by atoms with Gasteiger partial charge in [0, 0.05) is 12.4 Å². The molecule has 0 radical (unpaired) electrons. The predicted molar refractivity (Wildman–Crippen MR) is 52.6 cm³/mol. The summed E-state index contributed by atoms with van der Waals surface area (Å²) in [6.07, 6.45) is 4.97. The molecule has 0 unspecified atom stereocenters. The van der Waals surface area contributed by atoms with Crippen LogP contribution in [0.1, 0.15) is 40.7 Å². The molecule has 1 heterocycles. The number of hydrogen-bond donors (Lipinski definition) is 0. The van der Waals surface area contributed by atoms with Crippen molar-refractivity contribution in [3.63, 3.8) is 0 Å². The van der Waals surface area contributed by atoms with Crippen LogP contribution in [0.15, 0.2) is 12.4 Å². The monoisotopic (exact) mass is 208 g/mol. The Balaban J connectivity index is 2.54. The van der Waals surface area contributed by atoms with Crippen molar-refractivity contribution in [1.82, 2.24) is 9.97 Å². The number of rotatable bonds is 5. The van der Waals surface area contributed by atoms with Gasteiger partial charge in [-0.05, 0) is 6.42 Å². The zero-order valence-electron chi connectivity index (χ0n) is 8.47. The smallest absolute Gasteiger partial charge is 0.376 e. The van der Waals surface area contributed by atoms with Crippen LogP contribution in [0.25, 0.3) is 0 Å². The van der Waals surface area contributed by atoms with Gasteiger partial charge in [0.1, 0.15) is 0 Å². The number of aromatic nitrogens is 2. The Bertz CT molecular complexity index is 335. The average molecular weight is 208 g/mol. The molecule has 80 valence electrons. The molecular weight excluding hydrogens is 196 g/mol. The van der Waals surface area contributed by atoms with Crippen LogP contribution >= 0.6 is 0 Å². The number of ether oxygens (including phenoxy) is 1. The molecule has 0 bridgehead atoms. The van der Waals surface area contributed by atoms with Gasteiger partial charge in [-0.1, -0.05) is 13.3 Å². The van der Waals surface area contributed by atoms with Crippen molar-refractivity contribution < 1.29 is 14.3 Å². The number of hydrogen-bond acceptors (Lipinski definition) is 5. The predicted octanol–water partition coefficient (Wildman–Crippen LogP) is 1.25. The maximum atomic E-state index is 11.3. The summed E-state index contributed by atoms with van der Waals surface area (Å²) in [6.45, 7) is 2.37. The van der Waals surface area contributed by atoms with Crippen LogP contribution in [0.4, 0.5) is 0 Å². The highest BCUT2D eigenvalue weighted by Crippen LogP contribution is 1.97. The highest BCUT2D eigenvalue weighted by Gasteiger charge is 2.09. The topological polar surface area (TPSA) is 69.2 Å². The number of unbranched alkanes of at least 4 members (excludes halogenated alkanes) is 1. The van der Waals surface area contributed by atoms with Gasteiger partial charge in [0.15, 0.2) is 6.29 Å². The van der Waals surface area contributed by atoms with Crippen LogP contribution in [0.2, 0.25) is 0 Å². The van der Waals surface area contributed by atoms with Crippen LogP contribution < -0.4 is 0 Å². The molecule has 0 spiro atoms. The Kier molecular flexibility index (Phi) is 4.40. The van der Waals surface area contributed by atoms with Crippen LogP contribution in [0.5, 0.6) is 0 Å². The average Bonchev–Trinajstić information content (AvgIpc) is 2.29. The van der Waals surface area contributed by atoms with E-state index in [1.54, 1.807) is 0 Å². The van der Waals surface area contributed by atoms with E-state index < -0.39 is 5.97 Å². The zero-order chi connectivity index (χ0) is 11.1. The number of nitrogens with zero attached hydrogens (tertiary/aromatic N) is 2. The van der Waals surface area contributed by atoms with E-state index in [-0.39, 0.29) is 5.82 Å². The summed E-state index contributed by atoms with van der Waals surface area (Å²) in [7, 11) is 0. The molecule has 0 atom stereocenters. The van der Waals surface area contributed by atoms with Gasteiger partial charge in [-0.15, -0.1) is 0 Å². The highest BCUT2D eigenvalue weighted by atomic mass is 16.5. The second kappa shape index (κ2) is 5.85. The Hall–Kier alpha value is -1.78. The first-order chi connectivity index (χ1) is 7.27. The molecule has 0 aliphatic heterocycles. The minimum atomic E-state index is -0.555. The molecule has 15 heavy (non-hydrogen) atoms. The SMILES string of the molecule is CCCCOC(=O)c1ncc(C=O)cn1. The van der Waals surface area contributed by atoms with Crippen molar-refractivity contribution in [3.8, 4) is 0 Å². The molecule has 1 aromatic heterocycles. The third-order valence-electron chi connectivity index (χ3n) is 1.72. The summed E-state index contributed by atoms with van der Waals surface area (Å²) >= 11 is 0. The molecule has 0 N–H and O–H groups in total. The van der Waals surface area contributed by atoms with Gasteiger partial charge >= 0.3 is 5.97 Å². The highest BCUT2D eigenvalue weighted by molar-refractivity contribution is 5.85. The lowest BCUT2D eigenvalue weighted by Gasteiger charge is -2.01. The molecule has 5 nitrogen and oxygen atoms in total. The fourth-order valence-electron chi connectivity index (χ4n) is 0.878. The summed E-state index contributed by atoms with van der Waals surface area (Å²) < 4.78 is 4.89. The third kappa shape index (κ3) is 3.46. The minimum absolute atomic E-state index is 0.0169. The van der Waals surface area contributed by atoms with Crippen LogP contribution in [-0.2, 0) is 4.74 Å². The quantitative estimate of drug-likeness (QED) is 0.413. The lowest BCUT2D eigenvalue weighted by atomic mass is 10.3. The Labute approximate surface area is 87.5 Å². The first-order valence-electron chi connectivity index (χ1n) is 4.72. The zero-order valence-corrected chi connectivity index (χ0v) is 8.47. The van der Waals surface area contributed by atoms with Gasteiger partial charge in [0.05, 0.1) is 12.2 Å². The molecule has 0 aliphatic carbocycles. The van der Waals surface area contributed by atoms with Crippen molar-refractivity contribution >= 4 is 12.3 Å². The molecule has 0 amide bonds. The minimum Gasteiger partial charge on any atom is -0.460 e. The maximum Gasteiger partial charge on any atom is 0.376 e. The van der Waals surface area contributed by atoms with E-state index in [1.165, 1.54) is 12.4 Å². The molecule has 1 aromatic rings. The number of carbonyl (C=O) groups excluding carboxylic acids is 2. The molecule has 0 aliphatic rings.